The fourth-order valence-corrected chi connectivity index (χ4v) is 2.80. The Hall–Kier alpha value is -4.06. The third-order valence-electron chi connectivity index (χ3n) is 4.44. The summed E-state index contributed by atoms with van der Waals surface area (Å²) in [6.45, 7) is -0.252. The first-order valence-corrected chi connectivity index (χ1v) is 9.79. The number of benzene rings is 2. The van der Waals surface area contributed by atoms with E-state index < -0.39 is 52.9 Å². The highest BCUT2D eigenvalue weighted by molar-refractivity contribution is 5.87. The summed E-state index contributed by atoms with van der Waals surface area (Å²) in [6.07, 6.45) is -2.75. The first-order valence-electron chi connectivity index (χ1n) is 9.79. The number of aliphatic hydroxyl groups excluding tert-OH is 1. The molecule has 2 aromatic carbocycles. The van der Waals surface area contributed by atoms with E-state index in [-0.39, 0.29) is 25.1 Å². The summed E-state index contributed by atoms with van der Waals surface area (Å²) >= 11 is 0. The molecule has 0 saturated carbocycles. The number of alkyl carbamates (subject to hydrolysis) is 1. The number of halogens is 1. The third kappa shape index (κ3) is 8.53. The van der Waals surface area contributed by atoms with Crippen LogP contribution in [-0.4, -0.2) is 46.6 Å². The van der Waals surface area contributed by atoms with E-state index >= 15 is 0 Å². The highest BCUT2D eigenvalue weighted by Gasteiger charge is 2.23. The zero-order valence-electron chi connectivity index (χ0n) is 17.4. The van der Waals surface area contributed by atoms with E-state index in [4.69, 9.17) is 10.5 Å². The highest BCUT2D eigenvalue weighted by atomic mass is 19.1. The van der Waals surface area contributed by atoms with Gasteiger partial charge in [-0.05, 0) is 17.2 Å². The lowest BCUT2D eigenvalue weighted by molar-refractivity contribution is -0.387. The summed E-state index contributed by atoms with van der Waals surface area (Å²) in [5.74, 6) is -2.71. The number of nitrogens with two attached hydrogens (primary N) is 1. The molecule has 0 aliphatic carbocycles. The molecule has 3 amide bonds. The lowest BCUT2D eigenvalue weighted by atomic mass is 10.0. The van der Waals surface area contributed by atoms with Crippen LogP contribution >= 0.6 is 0 Å². The van der Waals surface area contributed by atoms with Crippen molar-refractivity contribution in [3.63, 3.8) is 0 Å². The fourth-order valence-electron chi connectivity index (χ4n) is 2.80. The maximum atomic E-state index is 13.5. The van der Waals surface area contributed by atoms with E-state index in [2.05, 4.69) is 10.6 Å². The zero-order valence-corrected chi connectivity index (χ0v) is 17.4. The lowest BCUT2D eigenvalue weighted by Crippen LogP contribution is -2.47. The van der Waals surface area contributed by atoms with Gasteiger partial charge in [0, 0.05) is 19.0 Å². The molecule has 0 spiro atoms. The second-order valence-electron chi connectivity index (χ2n) is 7.07. The summed E-state index contributed by atoms with van der Waals surface area (Å²) in [5, 5.41) is 25.4. The molecule has 0 bridgehead atoms. The Kier molecular flexibility index (Phi) is 9.24. The monoisotopic (exact) mass is 462 g/mol. The molecule has 2 atom stereocenters. The number of aliphatic hydroxyl groups is 1. The van der Waals surface area contributed by atoms with Crippen molar-refractivity contribution in [3.8, 4) is 0 Å². The van der Waals surface area contributed by atoms with Gasteiger partial charge in [-0.25, -0.2) is 4.79 Å². The summed E-state index contributed by atoms with van der Waals surface area (Å²) in [4.78, 5) is 45.5. The van der Waals surface area contributed by atoms with Gasteiger partial charge in [0.25, 0.3) is 0 Å². The second-order valence-corrected chi connectivity index (χ2v) is 7.07. The van der Waals surface area contributed by atoms with Gasteiger partial charge < -0.3 is 26.2 Å². The van der Waals surface area contributed by atoms with Gasteiger partial charge >= 0.3 is 11.8 Å². The Balaban J connectivity index is 1.81. The first kappa shape index (κ1) is 25.2. The number of carbonyl (C=O) groups excluding carboxylic acids is 3. The van der Waals surface area contributed by atoms with Gasteiger partial charge in [0.05, 0.1) is 17.4 Å². The van der Waals surface area contributed by atoms with Gasteiger partial charge in [-0.1, -0.05) is 36.4 Å². The van der Waals surface area contributed by atoms with Crippen LogP contribution in [0.15, 0.2) is 48.5 Å². The van der Waals surface area contributed by atoms with Crippen molar-refractivity contribution < 1.29 is 33.5 Å². The minimum absolute atomic E-state index is 0.0328. The third-order valence-corrected chi connectivity index (χ3v) is 4.44. The number of hydrogen-bond donors (Lipinski definition) is 4. The summed E-state index contributed by atoms with van der Waals surface area (Å²) in [6, 6.07) is 10.7. The van der Waals surface area contributed by atoms with Gasteiger partial charge in [-0.3, -0.25) is 19.7 Å². The molecule has 0 heterocycles. The maximum Gasteiger partial charge on any atom is 0.407 e. The number of amides is 3. The quantitative estimate of drug-likeness (QED) is 0.284. The summed E-state index contributed by atoms with van der Waals surface area (Å²) in [5.41, 5.74) is 5.48. The molecule has 0 aliphatic heterocycles. The van der Waals surface area contributed by atoms with E-state index in [1.54, 1.807) is 24.3 Å². The maximum absolute atomic E-state index is 13.5. The van der Waals surface area contributed by atoms with Gasteiger partial charge in [-0.2, -0.15) is 4.39 Å². The molecule has 0 fully saturated rings. The normalized spacial score (nSPS) is 12.3. The Morgan fingerprint density at radius 2 is 1.85 bits per heavy atom. The largest absolute Gasteiger partial charge is 0.445 e. The van der Waals surface area contributed by atoms with Crippen LogP contribution in [0, 0.1) is 15.9 Å². The van der Waals surface area contributed by atoms with Crippen LogP contribution in [0.5, 0.6) is 0 Å². The number of ether oxygens (including phenoxy) is 1. The van der Waals surface area contributed by atoms with Crippen LogP contribution in [0.25, 0.3) is 0 Å². The molecule has 11 nitrogen and oxygen atoms in total. The van der Waals surface area contributed by atoms with E-state index in [1.165, 1.54) is 6.07 Å². The molecule has 0 aliphatic rings. The van der Waals surface area contributed by atoms with Crippen LogP contribution in [0.3, 0.4) is 0 Å². The Bertz CT molecular complexity index is 1000. The standard InChI is InChI=1S/C21H23FN4O7/c22-16-7-6-14(9-18(16)26(31)32)8-17(20(23)29)25-19(28)10-15(27)11-24-21(30)33-12-13-4-2-1-3-5-13/h1-7,9,15,17,27H,8,10-12H2,(H2,23,29)(H,24,30)(H,25,28)/t15-,17+/m0/s1. The average Bonchev–Trinajstić information content (AvgIpc) is 2.77. The Morgan fingerprint density at radius 3 is 2.48 bits per heavy atom. The molecule has 2 rings (SSSR count). The first-order chi connectivity index (χ1) is 15.7. The molecular formula is C21H23FN4O7. The van der Waals surface area contributed by atoms with Crippen molar-refractivity contribution in [1.29, 1.82) is 0 Å². The van der Waals surface area contributed by atoms with Gasteiger partial charge in [-0.15, -0.1) is 0 Å². The van der Waals surface area contributed by atoms with Gasteiger partial charge in [0.15, 0.2) is 0 Å². The molecular weight excluding hydrogens is 439 g/mol. The van der Waals surface area contributed by atoms with Crippen LogP contribution in [-0.2, 0) is 27.4 Å². The Morgan fingerprint density at radius 1 is 1.15 bits per heavy atom. The second kappa shape index (κ2) is 12.1. The molecule has 5 N–H and O–H groups in total. The summed E-state index contributed by atoms with van der Waals surface area (Å²) in [7, 11) is 0. The van der Waals surface area contributed by atoms with Crippen LogP contribution < -0.4 is 16.4 Å². The minimum Gasteiger partial charge on any atom is -0.445 e. The molecule has 0 unspecified atom stereocenters. The topological polar surface area (TPSA) is 174 Å². The molecule has 0 radical (unpaired) electrons. The number of nitrogens with one attached hydrogen (secondary N) is 2. The van der Waals surface area contributed by atoms with Crippen molar-refractivity contribution in [2.45, 2.75) is 31.6 Å². The highest BCUT2D eigenvalue weighted by Crippen LogP contribution is 2.19. The number of primary amides is 1. The SMILES string of the molecule is NC(=O)[C@@H](Cc1ccc(F)c([N+](=O)[O-])c1)NC(=O)C[C@H](O)CNC(=O)OCc1ccccc1. The molecule has 12 heteroatoms. The molecule has 33 heavy (non-hydrogen) atoms. The number of hydrogen-bond acceptors (Lipinski definition) is 7. The van der Waals surface area contributed by atoms with E-state index in [0.29, 0.717) is 0 Å². The lowest BCUT2D eigenvalue weighted by Gasteiger charge is -2.17. The average molecular weight is 462 g/mol. The fraction of sp³-hybridized carbons (Fsp3) is 0.286. The van der Waals surface area contributed by atoms with Crippen molar-refractivity contribution >= 4 is 23.6 Å². The van der Waals surface area contributed by atoms with Crippen molar-refractivity contribution in [3.05, 3.63) is 75.6 Å². The number of rotatable bonds is 11. The molecule has 2 aromatic rings. The number of nitro benzene ring substituents is 1. The predicted molar refractivity (Wildman–Crippen MR) is 113 cm³/mol. The smallest absolute Gasteiger partial charge is 0.407 e. The zero-order chi connectivity index (χ0) is 24.4. The van der Waals surface area contributed by atoms with Crippen LogP contribution in [0.4, 0.5) is 14.9 Å². The predicted octanol–water partition coefficient (Wildman–Crippen LogP) is 0.924. The van der Waals surface area contributed by atoms with E-state index in [9.17, 15) is 34.0 Å². The molecule has 176 valence electrons. The van der Waals surface area contributed by atoms with E-state index in [0.717, 1.165) is 17.7 Å². The van der Waals surface area contributed by atoms with Crippen LogP contribution in [0.1, 0.15) is 17.5 Å². The minimum atomic E-state index is -1.28. The van der Waals surface area contributed by atoms with Crippen LogP contribution in [0.2, 0.25) is 0 Å². The van der Waals surface area contributed by atoms with Crippen molar-refractivity contribution in [2.24, 2.45) is 5.73 Å². The number of nitro groups is 1. The van der Waals surface area contributed by atoms with Gasteiger partial charge in [0.1, 0.15) is 12.6 Å². The van der Waals surface area contributed by atoms with Crippen molar-refractivity contribution in [2.75, 3.05) is 6.54 Å². The molecule has 0 aromatic heterocycles. The molecule has 0 saturated heterocycles. The number of carbonyl (C=O) groups is 3. The summed E-state index contributed by atoms with van der Waals surface area (Å²) < 4.78 is 18.4. The number of nitrogens with zero attached hydrogens (tertiary/aromatic N) is 1. The Labute approximate surface area is 187 Å². The van der Waals surface area contributed by atoms with Gasteiger partial charge in [0.2, 0.25) is 17.6 Å². The van der Waals surface area contributed by atoms with Crippen molar-refractivity contribution in [1.82, 2.24) is 10.6 Å². The van der Waals surface area contributed by atoms with E-state index in [1.807, 2.05) is 6.07 Å².